The topological polar surface area (TPSA) is 97.9 Å². The number of esters is 2. The fourth-order valence-corrected chi connectivity index (χ4v) is 2.84. The highest BCUT2D eigenvalue weighted by Crippen LogP contribution is 2.21. The number of nitrogens with one attached hydrogen (secondary N) is 1. The number of carbonyl (C=O) groups is 3. The summed E-state index contributed by atoms with van der Waals surface area (Å²) in [5, 5.41) is 0. The van der Waals surface area contributed by atoms with Crippen molar-refractivity contribution in [1.29, 1.82) is 0 Å². The van der Waals surface area contributed by atoms with Crippen LogP contribution in [0.25, 0.3) is 0 Å². The number of aryl methyl sites for hydroxylation is 1. The summed E-state index contributed by atoms with van der Waals surface area (Å²) in [6.07, 6.45) is -1.19. The molecule has 0 radical (unpaired) electrons. The van der Waals surface area contributed by atoms with Gasteiger partial charge in [0.2, 0.25) is 0 Å². The highest BCUT2D eigenvalue weighted by Gasteiger charge is 2.29. The summed E-state index contributed by atoms with van der Waals surface area (Å²) in [4.78, 5) is 41.5. The van der Waals surface area contributed by atoms with Crippen molar-refractivity contribution in [3.8, 4) is 0 Å². The first-order chi connectivity index (χ1) is 12.2. The van der Waals surface area contributed by atoms with Gasteiger partial charge in [0.05, 0.1) is 24.9 Å². The van der Waals surface area contributed by atoms with Gasteiger partial charge in [-0.25, -0.2) is 9.59 Å². The fourth-order valence-electron chi connectivity index (χ4n) is 2.84. The van der Waals surface area contributed by atoms with E-state index in [-0.39, 0.29) is 17.7 Å². The van der Waals surface area contributed by atoms with Crippen molar-refractivity contribution in [2.45, 2.75) is 46.8 Å². The summed E-state index contributed by atoms with van der Waals surface area (Å²) in [6.45, 7) is 10.3. The van der Waals surface area contributed by atoms with Crippen LogP contribution in [0, 0.1) is 13.8 Å². The Morgan fingerprint density at radius 1 is 1.04 bits per heavy atom. The molecule has 0 saturated carbocycles. The van der Waals surface area contributed by atoms with E-state index < -0.39 is 18.0 Å². The Kier molecular flexibility index (Phi) is 6.42. The first-order valence-corrected chi connectivity index (χ1v) is 8.70. The highest BCUT2D eigenvalue weighted by molar-refractivity contribution is 5.99. The fraction of sp³-hybridized carbons (Fsp3) is 0.611. The first kappa shape index (κ1) is 20.0. The van der Waals surface area contributed by atoms with Crippen LogP contribution in [0.3, 0.4) is 0 Å². The Labute approximate surface area is 152 Å². The molecule has 0 aromatic carbocycles. The molecule has 0 spiro atoms. The molecule has 8 heteroatoms. The molecule has 1 aromatic heterocycles. The van der Waals surface area contributed by atoms with E-state index in [0.29, 0.717) is 43.1 Å². The van der Waals surface area contributed by atoms with Gasteiger partial charge in [-0.2, -0.15) is 0 Å². The van der Waals surface area contributed by atoms with Crippen LogP contribution in [0.4, 0.5) is 0 Å². The molecule has 0 bridgehead atoms. The average molecular weight is 366 g/mol. The lowest BCUT2D eigenvalue weighted by atomic mass is 10.1. The highest BCUT2D eigenvalue weighted by atomic mass is 16.6. The van der Waals surface area contributed by atoms with E-state index in [4.69, 9.17) is 14.2 Å². The normalized spacial score (nSPS) is 15.7. The van der Waals surface area contributed by atoms with Crippen LogP contribution in [0.5, 0.6) is 0 Å². The molecule has 1 fully saturated rings. The van der Waals surface area contributed by atoms with Crippen LogP contribution in [0.15, 0.2) is 0 Å². The lowest BCUT2D eigenvalue weighted by Crippen LogP contribution is -2.46. The van der Waals surface area contributed by atoms with E-state index in [1.54, 1.807) is 32.6 Å². The van der Waals surface area contributed by atoms with Crippen LogP contribution in [-0.2, 0) is 19.0 Å². The maximum atomic E-state index is 12.5. The van der Waals surface area contributed by atoms with Crippen molar-refractivity contribution in [2.24, 2.45) is 0 Å². The molecule has 1 saturated heterocycles. The lowest BCUT2D eigenvalue weighted by Gasteiger charge is -2.28. The van der Waals surface area contributed by atoms with Gasteiger partial charge in [0.15, 0.2) is 6.10 Å². The summed E-state index contributed by atoms with van der Waals surface area (Å²) < 4.78 is 15.7. The third kappa shape index (κ3) is 4.43. The molecule has 8 nitrogen and oxygen atoms in total. The standard InChI is InChI=1S/C18H26N2O6/c1-10(2)25-17(22)14-11(3)15(19-12(14)4)18(23)26-13(5)16(21)20-6-8-24-9-7-20/h10,13,19H,6-9H2,1-5H3. The Balaban J connectivity index is 2.09. The molecule has 1 aliphatic rings. The van der Waals surface area contributed by atoms with Crippen LogP contribution in [0.2, 0.25) is 0 Å². The summed E-state index contributed by atoms with van der Waals surface area (Å²) >= 11 is 0. The Morgan fingerprint density at radius 2 is 1.65 bits per heavy atom. The molecule has 2 rings (SSSR count). The Hall–Kier alpha value is -2.35. The molecule has 26 heavy (non-hydrogen) atoms. The molecule has 144 valence electrons. The van der Waals surface area contributed by atoms with Crippen LogP contribution in [0.1, 0.15) is 52.9 Å². The lowest BCUT2D eigenvalue weighted by molar-refractivity contribution is -0.143. The van der Waals surface area contributed by atoms with Gasteiger partial charge in [-0.05, 0) is 40.2 Å². The molecule has 1 atom stereocenters. The monoisotopic (exact) mass is 366 g/mol. The van der Waals surface area contributed by atoms with Crippen molar-refractivity contribution in [3.05, 3.63) is 22.5 Å². The third-order valence-corrected chi connectivity index (χ3v) is 4.14. The minimum Gasteiger partial charge on any atom is -0.459 e. The van der Waals surface area contributed by atoms with E-state index in [9.17, 15) is 14.4 Å². The van der Waals surface area contributed by atoms with Gasteiger partial charge in [0, 0.05) is 18.8 Å². The van der Waals surface area contributed by atoms with E-state index in [1.807, 2.05) is 0 Å². The Bertz CT molecular complexity index is 688. The number of ether oxygens (including phenoxy) is 3. The van der Waals surface area contributed by atoms with Crippen molar-refractivity contribution < 1.29 is 28.6 Å². The molecule has 1 aliphatic heterocycles. The average Bonchev–Trinajstić information content (AvgIpc) is 2.88. The Morgan fingerprint density at radius 3 is 2.23 bits per heavy atom. The van der Waals surface area contributed by atoms with E-state index >= 15 is 0 Å². The molecule has 1 amide bonds. The number of aromatic amines is 1. The SMILES string of the molecule is Cc1[nH]c(C(=O)OC(C)C(=O)N2CCOCC2)c(C)c1C(=O)OC(C)C. The molecular formula is C18H26N2O6. The number of hydrogen-bond donors (Lipinski definition) is 1. The predicted molar refractivity (Wildman–Crippen MR) is 93.1 cm³/mol. The van der Waals surface area contributed by atoms with E-state index in [0.717, 1.165) is 0 Å². The van der Waals surface area contributed by atoms with Crippen LogP contribution in [-0.4, -0.2) is 66.2 Å². The van der Waals surface area contributed by atoms with Crippen LogP contribution >= 0.6 is 0 Å². The van der Waals surface area contributed by atoms with Crippen molar-refractivity contribution in [2.75, 3.05) is 26.3 Å². The van der Waals surface area contributed by atoms with Gasteiger partial charge in [0.1, 0.15) is 5.69 Å². The zero-order valence-corrected chi connectivity index (χ0v) is 15.9. The van der Waals surface area contributed by atoms with Crippen LogP contribution < -0.4 is 0 Å². The minimum absolute atomic E-state index is 0.153. The maximum absolute atomic E-state index is 12.5. The number of nitrogens with zero attached hydrogens (tertiary/aromatic N) is 1. The van der Waals surface area contributed by atoms with E-state index in [1.165, 1.54) is 6.92 Å². The second-order valence-electron chi connectivity index (χ2n) is 6.56. The number of hydrogen-bond acceptors (Lipinski definition) is 6. The largest absolute Gasteiger partial charge is 0.459 e. The van der Waals surface area contributed by atoms with E-state index in [2.05, 4.69) is 4.98 Å². The van der Waals surface area contributed by atoms with Gasteiger partial charge >= 0.3 is 11.9 Å². The number of carbonyl (C=O) groups excluding carboxylic acids is 3. The predicted octanol–water partition coefficient (Wildman–Crippen LogP) is 1.60. The molecule has 2 heterocycles. The first-order valence-electron chi connectivity index (χ1n) is 8.70. The second kappa shape index (κ2) is 8.35. The second-order valence-corrected chi connectivity index (χ2v) is 6.56. The van der Waals surface area contributed by atoms with Crippen molar-refractivity contribution in [3.63, 3.8) is 0 Å². The van der Waals surface area contributed by atoms with Gasteiger partial charge < -0.3 is 24.1 Å². The zero-order chi connectivity index (χ0) is 19.4. The molecule has 1 N–H and O–H groups in total. The molecule has 1 unspecified atom stereocenters. The molecule has 1 aromatic rings. The van der Waals surface area contributed by atoms with Crippen molar-refractivity contribution >= 4 is 17.8 Å². The summed E-state index contributed by atoms with van der Waals surface area (Å²) in [5.41, 5.74) is 1.44. The summed E-state index contributed by atoms with van der Waals surface area (Å²) in [5.74, 6) is -1.44. The molecular weight excluding hydrogens is 340 g/mol. The molecule has 0 aliphatic carbocycles. The van der Waals surface area contributed by atoms with Crippen molar-refractivity contribution in [1.82, 2.24) is 9.88 Å². The minimum atomic E-state index is -0.922. The van der Waals surface area contributed by atoms with Gasteiger partial charge in [-0.1, -0.05) is 0 Å². The quantitative estimate of drug-likeness (QED) is 0.795. The number of morpholine rings is 1. The third-order valence-electron chi connectivity index (χ3n) is 4.14. The number of rotatable bonds is 5. The number of aromatic nitrogens is 1. The summed E-state index contributed by atoms with van der Waals surface area (Å²) in [7, 11) is 0. The van der Waals surface area contributed by atoms with Gasteiger partial charge in [-0.15, -0.1) is 0 Å². The number of amides is 1. The maximum Gasteiger partial charge on any atom is 0.355 e. The smallest absolute Gasteiger partial charge is 0.355 e. The number of H-pyrrole nitrogens is 1. The van der Waals surface area contributed by atoms with Gasteiger partial charge in [-0.3, -0.25) is 4.79 Å². The summed E-state index contributed by atoms with van der Waals surface area (Å²) in [6, 6.07) is 0. The zero-order valence-electron chi connectivity index (χ0n) is 15.9. The van der Waals surface area contributed by atoms with Gasteiger partial charge in [0.25, 0.3) is 5.91 Å².